The summed E-state index contributed by atoms with van der Waals surface area (Å²) in [6.07, 6.45) is 1.61. The standard InChI is InChI=1S/C15H13N5O/c16-14(17)9-1-3-10(4-2-9)15(21)20-11-5-6-12-13(7-11)19-8-18-12/h1-8H,(H3,16,17)(H,18,19)(H,20,21). The number of benzene rings is 2. The fourth-order valence-corrected chi connectivity index (χ4v) is 2.02. The number of amidine groups is 1. The molecule has 0 aliphatic heterocycles. The van der Waals surface area contributed by atoms with Crippen LogP contribution in [-0.4, -0.2) is 21.7 Å². The number of imidazole rings is 1. The second-order valence-electron chi connectivity index (χ2n) is 4.58. The molecular weight excluding hydrogens is 266 g/mol. The summed E-state index contributed by atoms with van der Waals surface area (Å²) in [5, 5.41) is 10.1. The van der Waals surface area contributed by atoms with E-state index in [4.69, 9.17) is 11.1 Å². The topological polar surface area (TPSA) is 108 Å². The second kappa shape index (κ2) is 5.09. The number of amides is 1. The van der Waals surface area contributed by atoms with Crippen LogP contribution in [0.2, 0.25) is 0 Å². The Kier molecular flexibility index (Phi) is 3.12. The smallest absolute Gasteiger partial charge is 0.255 e. The Morgan fingerprint density at radius 1 is 1.14 bits per heavy atom. The molecule has 0 radical (unpaired) electrons. The van der Waals surface area contributed by atoms with Crippen molar-refractivity contribution in [3.8, 4) is 0 Å². The number of rotatable bonds is 3. The van der Waals surface area contributed by atoms with E-state index in [-0.39, 0.29) is 11.7 Å². The summed E-state index contributed by atoms with van der Waals surface area (Å²) in [7, 11) is 0. The number of aromatic amines is 1. The molecule has 0 saturated carbocycles. The molecule has 3 aromatic rings. The molecular formula is C15H13N5O. The van der Waals surface area contributed by atoms with Gasteiger partial charge in [0.25, 0.3) is 5.91 Å². The van der Waals surface area contributed by atoms with Crippen LogP contribution in [0, 0.1) is 5.41 Å². The molecule has 0 saturated heterocycles. The third-order valence-electron chi connectivity index (χ3n) is 3.14. The largest absolute Gasteiger partial charge is 0.384 e. The van der Waals surface area contributed by atoms with Crippen LogP contribution in [-0.2, 0) is 0 Å². The molecule has 1 amide bonds. The fourth-order valence-electron chi connectivity index (χ4n) is 2.02. The van der Waals surface area contributed by atoms with Crippen LogP contribution in [0.25, 0.3) is 11.0 Å². The van der Waals surface area contributed by atoms with Crippen LogP contribution in [0.1, 0.15) is 15.9 Å². The monoisotopic (exact) mass is 279 g/mol. The number of aromatic nitrogens is 2. The molecule has 1 aromatic heterocycles. The number of nitrogens with two attached hydrogens (primary N) is 1. The average molecular weight is 279 g/mol. The molecule has 0 spiro atoms. The summed E-state index contributed by atoms with van der Waals surface area (Å²) in [4.78, 5) is 19.3. The molecule has 0 unspecified atom stereocenters. The third-order valence-corrected chi connectivity index (χ3v) is 3.14. The second-order valence-corrected chi connectivity index (χ2v) is 4.58. The minimum Gasteiger partial charge on any atom is -0.384 e. The van der Waals surface area contributed by atoms with Gasteiger partial charge in [-0.2, -0.15) is 0 Å². The van der Waals surface area contributed by atoms with Gasteiger partial charge in [0.1, 0.15) is 5.84 Å². The maximum absolute atomic E-state index is 12.1. The highest BCUT2D eigenvalue weighted by Gasteiger charge is 2.07. The molecule has 0 bridgehead atoms. The first-order valence-corrected chi connectivity index (χ1v) is 6.32. The lowest BCUT2D eigenvalue weighted by Crippen LogP contribution is -2.14. The Bertz CT molecular complexity index is 819. The zero-order valence-electron chi connectivity index (χ0n) is 11.1. The highest BCUT2D eigenvalue weighted by atomic mass is 16.1. The summed E-state index contributed by atoms with van der Waals surface area (Å²) >= 11 is 0. The summed E-state index contributed by atoms with van der Waals surface area (Å²) in [6, 6.07) is 12.0. The Labute approximate surface area is 120 Å². The number of H-pyrrole nitrogens is 1. The van der Waals surface area contributed by atoms with Gasteiger partial charge in [-0.3, -0.25) is 10.2 Å². The van der Waals surface area contributed by atoms with Crippen molar-refractivity contribution in [3.63, 3.8) is 0 Å². The molecule has 0 aliphatic rings. The lowest BCUT2D eigenvalue weighted by atomic mass is 10.1. The molecule has 3 rings (SSSR count). The van der Waals surface area contributed by atoms with E-state index in [0.29, 0.717) is 16.8 Å². The summed E-state index contributed by atoms with van der Waals surface area (Å²) in [6.45, 7) is 0. The van der Waals surface area contributed by atoms with Crippen LogP contribution in [0.15, 0.2) is 48.8 Å². The molecule has 104 valence electrons. The SMILES string of the molecule is N=C(N)c1ccc(C(=O)Nc2ccc3nc[nH]c3c2)cc1. The van der Waals surface area contributed by atoms with E-state index in [1.54, 1.807) is 36.7 Å². The maximum Gasteiger partial charge on any atom is 0.255 e. The summed E-state index contributed by atoms with van der Waals surface area (Å²) < 4.78 is 0. The first kappa shape index (κ1) is 12.9. The number of carbonyl (C=O) groups excluding carboxylic acids is 1. The van der Waals surface area contributed by atoms with Gasteiger partial charge in [-0.05, 0) is 30.3 Å². The molecule has 5 N–H and O–H groups in total. The zero-order chi connectivity index (χ0) is 14.8. The normalized spacial score (nSPS) is 10.5. The molecule has 1 heterocycles. The zero-order valence-corrected chi connectivity index (χ0v) is 11.1. The van der Waals surface area contributed by atoms with Gasteiger partial charge in [0.2, 0.25) is 0 Å². The van der Waals surface area contributed by atoms with Gasteiger partial charge in [0, 0.05) is 16.8 Å². The quantitative estimate of drug-likeness (QED) is 0.435. The molecule has 0 atom stereocenters. The molecule has 21 heavy (non-hydrogen) atoms. The van der Waals surface area contributed by atoms with E-state index in [1.807, 2.05) is 12.1 Å². The number of hydrogen-bond donors (Lipinski definition) is 4. The van der Waals surface area contributed by atoms with Gasteiger partial charge in [-0.25, -0.2) is 4.98 Å². The Morgan fingerprint density at radius 3 is 2.57 bits per heavy atom. The van der Waals surface area contributed by atoms with Gasteiger partial charge in [-0.15, -0.1) is 0 Å². The maximum atomic E-state index is 12.1. The number of nitrogens with zero attached hydrogens (tertiary/aromatic N) is 1. The number of hydrogen-bond acceptors (Lipinski definition) is 3. The Morgan fingerprint density at radius 2 is 1.86 bits per heavy atom. The highest BCUT2D eigenvalue weighted by Crippen LogP contribution is 2.16. The van der Waals surface area contributed by atoms with E-state index >= 15 is 0 Å². The van der Waals surface area contributed by atoms with Crippen molar-refractivity contribution < 1.29 is 4.79 Å². The minimum atomic E-state index is -0.219. The van der Waals surface area contributed by atoms with Gasteiger partial charge >= 0.3 is 0 Å². The average Bonchev–Trinajstić information content (AvgIpc) is 2.95. The van der Waals surface area contributed by atoms with Crippen LogP contribution in [0.4, 0.5) is 5.69 Å². The fraction of sp³-hybridized carbons (Fsp3) is 0. The summed E-state index contributed by atoms with van der Waals surface area (Å²) in [5.41, 5.74) is 8.87. The first-order chi connectivity index (χ1) is 10.1. The van der Waals surface area contributed by atoms with E-state index in [0.717, 1.165) is 11.0 Å². The number of carbonyl (C=O) groups is 1. The van der Waals surface area contributed by atoms with E-state index in [1.165, 1.54) is 0 Å². The van der Waals surface area contributed by atoms with E-state index in [9.17, 15) is 4.79 Å². The van der Waals surface area contributed by atoms with E-state index < -0.39 is 0 Å². The summed E-state index contributed by atoms with van der Waals surface area (Å²) in [5.74, 6) is -0.240. The minimum absolute atomic E-state index is 0.0216. The van der Waals surface area contributed by atoms with Gasteiger partial charge in [0.05, 0.1) is 17.4 Å². The Balaban J connectivity index is 1.80. The number of nitrogens with one attached hydrogen (secondary N) is 3. The molecule has 6 heteroatoms. The van der Waals surface area contributed by atoms with Gasteiger partial charge in [-0.1, -0.05) is 12.1 Å². The first-order valence-electron chi connectivity index (χ1n) is 6.32. The number of nitrogen functional groups attached to an aromatic ring is 1. The number of fused-ring (bicyclic) bond motifs is 1. The van der Waals surface area contributed by atoms with Gasteiger partial charge in [0.15, 0.2) is 0 Å². The highest BCUT2D eigenvalue weighted by molar-refractivity contribution is 6.05. The molecule has 2 aromatic carbocycles. The molecule has 0 aliphatic carbocycles. The van der Waals surface area contributed by atoms with Crippen molar-refractivity contribution >= 4 is 28.5 Å². The van der Waals surface area contributed by atoms with Crippen molar-refractivity contribution in [1.82, 2.24) is 9.97 Å². The predicted octanol–water partition coefficient (Wildman–Crippen LogP) is 2.10. The molecule has 0 fully saturated rings. The van der Waals surface area contributed by atoms with Crippen LogP contribution >= 0.6 is 0 Å². The van der Waals surface area contributed by atoms with Crippen LogP contribution in [0.5, 0.6) is 0 Å². The van der Waals surface area contributed by atoms with Crippen LogP contribution in [0.3, 0.4) is 0 Å². The van der Waals surface area contributed by atoms with E-state index in [2.05, 4.69) is 15.3 Å². The van der Waals surface area contributed by atoms with Crippen molar-refractivity contribution in [2.45, 2.75) is 0 Å². The predicted molar refractivity (Wildman–Crippen MR) is 81.5 cm³/mol. The van der Waals surface area contributed by atoms with Gasteiger partial charge < -0.3 is 16.0 Å². The Hall–Kier alpha value is -3.15. The van der Waals surface area contributed by atoms with Crippen molar-refractivity contribution in [2.75, 3.05) is 5.32 Å². The lowest BCUT2D eigenvalue weighted by Gasteiger charge is -2.06. The molecule has 6 nitrogen and oxygen atoms in total. The third kappa shape index (κ3) is 2.59. The van der Waals surface area contributed by atoms with Crippen LogP contribution < -0.4 is 11.1 Å². The number of anilines is 1. The van der Waals surface area contributed by atoms with Crippen molar-refractivity contribution in [2.24, 2.45) is 5.73 Å². The van der Waals surface area contributed by atoms with Crippen molar-refractivity contribution in [1.29, 1.82) is 5.41 Å². The lowest BCUT2D eigenvalue weighted by molar-refractivity contribution is 0.102. The van der Waals surface area contributed by atoms with Crippen molar-refractivity contribution in [3.05, 3.63) is 59.9 Å².